The Morgan fingerprint density at radius 2 is 1.81 bits per heavy atom. The molecular formula is C24H27N3O4. The van der Waals surface area contributed by atoms with Crippen molar-refractivity contribution in [3.05, 3.63) is 59.7 Å². The molecule has 2 atom stereocenters. The van der Waals surface area contributed by atoms with E-state index in [-0.39, 0.29) is 17.4 Å². The van der Waals surface area contributed by atoms with Gasteiger partial charge in [-0.05, 0) is 41.7 Å². The number of anilines is 1. The maximum Gasteiger partial charge on any atom is 0.329 e. The number of benzene rings is 2. The average molecular weight is 421 g/mol. The van der Waals surface area contributed by atoms with Crippen molar-refractivity contribution in [1.82, 2.24) is 10.2 Å². The van der Waals surface area contributed by atoms with Gasteiger partial charge in [0.15, 0.2) is 0 Å². The zero-order valence-electron chi connectivity index (χ0n) is 18.2. The predicted octanol–water partition coefficient (Wildman–Crippen LogP) is 3.33. The molecule has 7 heteroatoms. The van der Waals surface area contributed by atoms with Crippen LogP contribution in [0.3, 0.4) is 0 Å². The van der Waals surface area contributed by atoms with Gasteiger partial charge in [-0.2, -0.15) is 0 Å². The highest BCUT2D eigenvalue weighted by atomic mass is 16.5. The van der Waals surface area contributed by atoms with Crippen LogP contribution in [-0.2, 0) is 10.2 Å². The molecule has 7 nitrogen and oxygen atoms in total. The third kappa shape index (κ3) is 3.76. The molecule has 2 aliphatic rings. The molecule has 2 heterocycles. The van der Waals surface area contributed by atoms with E-state index < -0.39 is 18.0 Å². The Morgan fingerprint density at radius 3 is 2.45 bits per heavy atom. The number of urea groups is 1. The van der Waals surface area contributed by atoms with Gasteiger partial charge in [0.25, 0.3) is 11.8 Å². The summed E-state index contributed by atoms with van der Waals surface area (Å²) in [7, 11) is 1.52. The van der Waals surface area contributed by atoms with Crippen LogP contribution in [0.4, 0.5) is 10.5 Å². The number of ether oxygens (including phenoxy) is 1. The lowest BCUT2D eigenvalue weighted by Gasteiger charge is -2.37. The number of hydrogen-bond donors (Lipinski definition) is 1. The number of carbonyl (C=O) groups excluding carboxylic acids is 3. The predicted molar refractivity (Wildman–Crippen MR) is 117 cm³/mol. The molecule has 162 valence electrons. The van der Waals surface area contributed by atoms with Crippen LogP contribution in [0, 0.1) is 0 Å². The maximum absolute atomic E-state index is 13.4. The van der Waals surface area contributed by atoms with Gasteiger partial charge >= 0.3 is 6.03 Å². The zero-order chi connectivity index (χ0) is 22.3. The van der Waals surface area contributed by atoms with Crippen LogP contribution in [0.2, 0.25) is 0 Å². The van der Waals surface area contributed by atoms with Crippen molar-refractivity contribution in [3.63, 3.8) is 0 Å². The number of methoxy groups -OCH3 is 1. The van der Waals surface area contributed by atoms with E-state index in [0.717, 1.165) is 10.5 Å². The van der Waals surface area contributed by atoms with Gasteiger partial charge in [-0.3, -0.25) is 9.59 Å². The molecule has 1 N–H and O–H groups in total. The summed E-state index contributed by atoms with van der Waals surface area (Å²) in [6.45, 7) is 6.76. The first-order chi connectivity index (χ1) is 14.7. The number of amides is 4. The van der Waals surface area contributed by atoms with Gasteiger partial charge in [-0.15, -0.1) is 0 Å². The van der Waals surface area contributed by atoms with Gasteiger partial charge < -0.3 is 15.0 Å². The van der Waals surface area contributed by atoms with Crippen molar-refractivity contribution >= 4 is 23.5 Å². The number of nitrogens with one attached hydrogen (secondary N) is 1. The topological polar surface area (TPSA) is 79.0 Å². The summed E-state index contributed by atoms with van der Waals surface area (Å²) in [4.78, 5) is 42.0. The lowest BCUT2D eigenvalue weighted by atomic mass is 9.86. The molecular weight excluding hydrogens is 394 g/mol. The highest BCUT2D eigenvalue weighted by molar-refractivity contribution is 6.19. The number of rotatable bonds is 3. The molecule has 2 aromatic carbocycles. The monoisotopic (exact) mass is 421 g/mol. The first kappa shape index (κ1) is 20.9. The molecule has 0 saturated carbocycles. The Bertz CT molecular complexity index is 1030. The summed E-state index contributed by atoms with van der Waals surface area (Å²) >= 11 is 0. The number of hydrogen-bond acceptors (Lipinski definition) is 4. The van der Waals surface area contributed by atoms with Crippen molar-refractivity contribution < 1.29 is 19.1 Å². The second kappa shape index (κ2) is 7.72. The van der Waals surface area contributed by atoms with E-state index >= 15 is 0 Å². The Kier molecular flexibility index (Phi) is 5.21. The molecule has 2 saturated heterocycles. The van der Waals surface area contributed by atoms with Crippen LogP contribution >= 0.6 is 0 Å². The Hall–Kier alpha value is -3.35. The molecule has 0 radical (unpaired) electrons. The first-order valence-corrected chi connectivity index (χ1v) is 10.4. The van der Waals surface area contributed by atoms with Gasteiger partial charge in [-0.1, -0.05) is 39.0 Å². The molecule has 2 unspecified atom stereocenters. The van der Waals surface area contributed by atoms with Crippen molar-refractivity contribution in [2.45, 2.75) is 44.7 Å². The summed E-state index contributed by atoms with van der Waals surface area (Å²) in [5.74, 6) is -0.0688. The first-order valence-electron chi connectivity index (χ1n) is 10.4. The molecule has 4 rings (SSSR count). The van der Waals surface area contributed by atoms with E-state index in [1.165, 1.54) is 7.11 Å². The Labute approximate surface area is 182 Å². The van der Waals surface area contributed by atoms with Crippen LogP contribution in [0.5, 0.6) is 5.75 Å². The summed E-state index contributed by atoms with van der Waals surface area (Å²) in [5, 5.41) is 2.89. The standard InChI is InChI=1S/C24H27N3O4/c1-24(2,3)16-10-8-15(9-11-16)21(28)26-13-12-19-20(26)22(29)27(23(30)25-19)17-6-5-7-18(14-17)31-4/h5-11,14,19-20H,12-13H2,1-4H3,(H,25,30). The fraction of sp³-hybridized carbons (Fsp3) is 0.375. The van der Waals surface area contributed by atoms with E-state index in [1.54, 1.807) is 29.2 Å². The fourth-order valence-electron chi connectivity index (χ4n) is 4.20. The molecule has 31 heavy (non-hydrogen) atoms. The summed E-state index contributed by atoms with van der Waals surface area (Å²) < 4.78 is 5.22. The third-order valence-electron chi connectivity index (χ3n) is 5.95. The van der Waals surface area contributed by atoms with Gasteiger partial charge in [0.2, 0.25) is 0 Å². The lowest BCUT2D eigenvalue weighted by Crippen LogP contribution is -2.65. The van der Waals surface area contributed by atoms with Crippen LogP contribution in [0.25, 0.3) is 0 Å². The lowest BCUT2D eigenvalue weighted by molar-refractivity contribution is -0.122. The second-order valence-corrected chi connectivity index (χ2v) is 8.99. The number of carbonyl (C=O) groups is 3. The van der Waals surface area contributed by atoms with Crippen molar-refractivity contribution in [2.24, 2.45) is 0 Å². The number of fused-ring (bicyclic) bond motifs is 1. The van der Waals surface area contributed by atoms with E-state index in [2.05, 4.69) is 26.1 Å². The van der Waals surface area contributed by atoms with Gasteiger partial charge in [0.05, 0.1) is 18.8 Å². The Balaban J connectivity index is 1.61. The van der Waals surface area contributed by atoms with Crippen LogP contribution in [0.1, 0.15) is 43.1 Å². The quantitative estimate of drug-likeness (QED) is 0.825. The molecule has 0 bridgehead atoms. The number of imide groups is 1. The molecule has 0 aromatic heterocycles. The van der Waals surface area contributed by atoms with E-state index in [1.807, 2.05) is 24.3 Å². The van der Waals surface area contributed by atoms with Gasteiger partial charge in [-0.25, -0.2) is 9.69 Å². The highest BCUT2D eigenvalue weighted by Gasteiger charge is 2.50. The van der Waals surface area contributed by atoms with Crippen molar-refractivity contribution in [1.29, 1.82) is 0 Å². The van der Waals surface area contributed by atoms with Crippen molar-refractivity contribution in [3.8, 4) is 5.75 Å². The highest BCUT2D eigenvalue weighted by Crippen LogP contribution is 2.31. The second-order valence-electron chi connectivity index (χ2n) is 8.99. The molecule has 4 amide bonds. The Morgan fingerprint density at radius 1 is 1.10 bits per heavy atom. The zero-order valence-corrected chi connectivity index (χ0v) is 18.2. The summed E-state index contributed by atoms with van der Waals surface area (Å²) in [5.41, 5.74) is 2.07. The maximum atomic E-state index is 13.4. The SMILES string of the molecule is COc1cccc(N2C(=O)NC3CCN(C(=O)c4ccc(C(C)(C)C)cc4)C3C2=O)c1. The normalized spacial score (nSPS) is 21.0. The third-order valence-corrected chi connectivity index (χ3v) is 5.95. The largest absolute Gasteiger partial charge is 0.497 e. The van der Waals surface area contributed by atoms with Gasteiger partial charge in [0, 0.05) is 18.2 Å². The molecule has 2 fully saturated rings. The van der Waals surface area contributed by atoms with Crippen LogP contribution < -0.4 is 15.0 Å². The average Bonchev–Trinajstić information content (AvgIpc) is 3.17. The van der Waals surface area contributed by atoms with Crippen LogP contribution in [-0.4, -0.2) is 48.5 Å². The van der Waals surface area contributed by atoms with E-state index in [4.69, 9.17) is 4.74 Å². The summed E-state index contributed by atoms with van der Waals surface area (Å²) in [6, 6.07) is 12.7. The minimum Gasteiger partial charge on any atom is -0.497 e. The minimum atomic E-state index is -0.737. The fourth-order valence-corrected chi connectivity index (χ4v) is 4.20. The molecule has 0 aliphatic carbocycles. The van der Waals surface area contributed by atoms with Crippen molar-refractivity contribution in [2.75, 3.05) is 18.6 Å². The smallest absolute Gasteiger partial charge is 0.329 e. The van der Waals surface area contributed by atoms with E-state index in [0.29, 0.717) is 30.0 Å². The molecule has 0 spiro atoms. The molecule has 2 aromatic rings. The molecule has 2 aliphatic heterocycles. The number of nitrogens with zero attached hydrogens (tertiary/aromatic N) is 2. The number of likely N-dealkylation sites (tertiary alicyclic amines) is 1. The van der Waals surface area contributed by atoms with E-state index in [9.17, 15) is 14.4 Å². The van der Waals surface area contributed by atoms with Crippen LogP contribution in [0.15, 0.2) is 48.5 Å². The van der Waals surface area contributed by atoms with Gasteiger partial charge in [0.1, 0.15) is 11.8 Å². The summed E-state index contributed by atoms with van der Waals surface area (Å²) in [6.07, 6.45) is 0.542. The minimum absolute atomic E-state index is 0.0127.